The van der Waals surface area contributed by atoms with E-state index < -0.39 is 11.6 Å². The molecule has 3 heterocycles. The van der Waals surface area contributed by atoms with Crippen LogP contribution in [-0.4, -0.2) is 46.4 Å². The van der Waals surface area contributed by atoms with Crippen LogP contribution in [0.25, 0.3) is 11.1 Å². The molecule has 0 aliphatic carbocycles. The number of fused-ring (bicyclic) bond motifs is 1. The van der Waals surface area contributed by atoms with Crippen molar-refractivity contribution in [1.82, 2.24) is 15.0 Å². The van der Waals surface area contributed by atoms with Gasteiger partial charge >= 0.3 is 0 Å². The molecule has 2 aromatic heterocycles. The highest BCUT2D eigenvalue weighted by atomic mass is 35.5. The number of amides is 1. The lowest BCUT2D eigenvalue weighted by Crippen LogP contribution is -2.54. The van der Waals surface area contributed by atoms with Crippen LogP contribution in [0.4, 0.5) is 0 Å². The van der Waals surface area contributed by atoms with Crippen molar-refractivity contribution in [1.29, 1.82) is 0 Å². The predicted octanol–water partition coefficient (Wildman–Crippen LogP) is 5.52. The van der Waals surface area contributed by atoms with Crippen molar-refractivity contribution in [2.75, 3.05) is 14.2 Å². The van der Waals surface area contributed by atoms with Gasteiger partial charge in [-0.05, 0) is 47.5 Å². The second kappa shape index (κ2) is 10.7. The number of aromatic nitrogens is 2. The van der Waals surface area contributed by atoms with Gasteiger partial charge < -0.3 is 9.84 Å². The largest absolute Gasteiger partial charge is 0.481 e. The van der Waals surface area contributed by atoms with Gasteiger partial charge in [-0.25, -0.2) is 10.0 Å². The second-order valence-corrected chi connectivity index (χ2v) is 9.85. The SMILES string of the molecule is COc1ncccc1CC(O)[C@@]1(Cc2ccc(Cl)cn2)c2c(cccc2-c2ccc(Cl)cc2)C(=O)N1OC. The molecule has 1 unspecified atom stereocenters. The molecule has 0 fully saturated rings. The van der Waals surface area contributed by atoms with Crippen molar-refractivity contribution in [2.45, 2.75) is 24.5 Å². The van der Waals surface area contributed by atoms with E-state index in [4.69, 9.17) is 32.8 Å². The fourth-order valence-electron chi connectivity index (χ4n) is 5.21. The zero-order chi connectivity index (χ0) is 26.9. The molecule has 0 spiro atoms. The molecular formula is C29H25Cl2N3O4. The van der Waals surface area contributed by atoms with E-state index >= 15 is 0 Å². The molecule has 2 atom stereocenters. The summed E-state index contributed by atoms with van der Waals surface area (Å²) in [5.41, 5.74) is 2.66. The van der Waals surface area contributed by atoms with Gasteiger partial charge in [0, 0.05) is 52.6 Å². The van der Waals surface area contributed by atoms with Crippen LogP contribution in [0.2, 0.25) is 10.0 Å². The Morgan fingerprint density at radius 2 is 1.68 bits per heavy atom. The zero-order valence-electron chi connectivity index (χ0n) is 20.8. The first kappa shape index (κ1) is 26.1. The maximum absolute atomic E-state index is 13.8. The normalized spacial score (nSPS) is 17.4. The number of halogens is 2. The maximum Gasteiger partial charge on any atom is 0.278 e. The number of ether oxygens (including phenoxy) is 1. The lowest BCUT2D eigenvalue weighted by Gasteiger charge is -2.41. The average Bonchev–Trinajstić information content (AvgIpc) is 3.18. The summed E-state index contributed by atoms with van der Waals surface area (Å²) in [6.07, 6.45) is 2.31. The van der Waals surface area contributed by atoms with E-state index in [9.17, 15) is 9.90 Å². The molecule has 194 valence electrons. The van der Waals surface area contributed by atoms with Crippen LogP contribution in [0, 0.1) is 0 Å². The fraction of sp³-hybridized carbons (Fsp3) is 0.207. The van der Waals surface area contributed by atoms with Crippen LogP contribution in [0.3, 0.4) is 0 Å². The number of hydroxylamine groups is 2. The topological polar surface area (TPSA) is 84.8 Å². The fourth-order valence-corrected chi connectivity index (χ4v) is 5.45. The Morgan fingerprint density at radius 1 is 0.947 bits per heavy atom. The van der Waals surface area contributed by atoms with Crippen LogP contribution >= 0.6 is 23.2 Å². The third kappa shape index (κ3) is 4.52. The van der Waals surface area contributed by atoms with Crippen LogP contribution in [-0.2, 0) is 23.2 Å². The van der Waals surface area contributed by atoms with Crippen molar-refractivity contribution >= 4 is 29.1 Å². The Morgan fingerprint density at radius 3 is 2.37 bits per heavy atom. The number of hydrogen-bond donors (Lipinski definition) is 1. The summed E-state index contributed by atoms with van der Waals surface area (Å²) >= 11 is 12.3. The zero-order valence-corrected chi connectivity index (χ0v) is 22.3. The molecule has 0 bridgehead atoms. The molecule has 1 amide bonds. The molecule has 4 aromatic rings. The van der Waals surface area contributed by atoms with Crippen LogP contribution in [0.15, 0.2) is 79.1 Å². The van der Waals surface area contributed by atoms with E-state index in [1.165, 1.54) is 19.3 Å². The molecular weight excluding hydrogens is 525 g/mol. The van der Waals surface area contributed by atoms with Gasteiger partial charge in [-0.2, -0.15) is 0 Å². The van der Waals surface area contributed by atoms with Crippen molar-refractivity contribution in [2.24, 2.45) is 0 Å². The van der Waals surface area contributed by atoms with Crippen molar-refractivity contribution < 1.29 is 19.5 Å². The first-order valence-corrected chi connectivity index (χ1v) is 12.7. The number of carbonyl (C=O) groups excluding carboxylic acids is 1. The van der Waals surface area contributed by atoms with Crippen molar-refractivity contribution in [3.8, 4) is 17.0 Å². The predicted molar refractivity (Wildman–Crippen MR) is 145 cm³/mol. The molecule has 1 aliphatic heterocycles. The van der Waals surface area contributed by atoms with E-state index in [1.54, 1.807) is 48.8 Å². The monoisotopic (exact) mass is 549 g/mol. The summed E-state index contributed by atoms with van der Waals surface area (Å²) < 4.78 is 5.45. The van der Waals surface area contributed by atoms with E-state index in [2.05, 4.69) is 9.97 Å². The summed E-state index contributed by atoms with van der Waals surface area (Å²) in [7, 11) is 2.95. The lowest BCUT2D eigenvalue weighted by atomic mass is 9.75. The quantitative estimate of drug-likeness (QED) is 0.311. The van der Waals surface area contributed by atoms with E-state index in [1.807, 2.05) is 30.3 Å². The molecule has 0 saturated heterocycles. The number of methoxy groups -OCH3 is 1. The Hall–Kier alpha value is -3.49. The van der Waals surface area contributed by atoms with Gasteiger partial charge in [-0.3, -0.25) is 14.6 Å². The third-order valence-corrected chi connectivity index (χ3v) is 7.34. The Bertz CT molecular complexity index is 1460. The molecule has 2 aromatic carbocycles. The highest BCUT2D eigenvalue weighted by molar-refractivity contribution is 6.30. The number of aliphatic hydroxyl groups excluding tert-OH is 1. The minimum Gasteiger partial charge on any atom is -0.481 e. The van der Waals surface area contributed by atoms with Crippen LogP contribution < -0.4 is 4.74 Å². The highest BCUT2D eigenvalue weighted by Gasteiger charge is 2.56. The standard InChI is InChI=1S/C29H25Cl2N3O4/c1-37-27-19(5-4-14-32-27)15-25(35)29(16-22-13-12-21(31)17-33-22)26-23(18-8-10-20(30)11-9-18)6-3-7-24(26)28(36)34(29)38-2/h3-14,17,25,35H,15-16H2,1-2H3/t25?,29-/m0/s1. The summed E-state index contributed by atoms with van der Waals surface area (Å²) in [4.78, 5) is 28.3. The molecule has 0 saturated carbocycles. The number of aliphatic hydroxyl groups is 1. The summed E-state index contributed by atoms with van der Waals surface area (Å²) in [5, 5.41) is 14.5. The second-order valence-electron chi connectivity index (χ2n) is 8.98. The van der Waals surface area contributed by atoms with Crippen LogP contribution in [0.1, 0.15) is 27.2 Å². The van der Waals surface area contributed by atoms with Gasteiger partial charge in [0.2, 0.25) is 5.88 Å². The van der Waals surface area contributed by atoms with Gasteiger partial charge in [-0.15, -0.1) is 0 Å². The number of pyridine rings is 2. The van der Waals surface area contributed by atoms with Gasteiger partial charge in [0.15, 0.2) is 0 Å². The number of rotatable bonds is 8. The Balaban J connectivity index is 1.75. The molecule has 7 nitrogen and oxygen atoms in total. The molecule has 0 radical (unpaired) electrons. The van der Waals surface area contributed by atoms with Gasteiger partial charge in [0.1, 0.15) is 5.54 Å². The maximum atomic E-state index is 13.8. The van der Waals surface area contributed by atoms with E-state index in [-0.39, 0.29) is 18.7 Å². The third-order valence-electron chi connectivity index (χ3n) is 6.86. The van der Waals surface area contributed by atoms with Gasteiger partial charge in [0.25, 0.3) is 5.91 Å². The molecule has 38 heavy (non-hydrogen) atoms. The van der Waals surface area contributed by atoms with Gasteiger partial charge in [0.05, 0.1) is 25.3 Å². The lowest BCUT2D eigenvalue weighted by molar-refractivity contribution is -0.192. The number of nitrogens with zero attached hydrogens (tertiary/aromatic N) is 3. The Kier molecular flexibility index (Phi) is 7.36. The van der Waals surface area contributed by atoms with Crippen LogP contribution in [0.5, 0.6) is 5.88 Å². The molecule has 1 aliphatic rings. The first-order valence-electron chi connectivity index (χ1n) is 11.9. The van der Waals surface area contributed by atoms with Crippen molar-refractivity contribution in [3.63, 3.8) is 0 Å². The molecule has 9 heteroatoms. The number of hydrogen-bond acceptors (Lipinski definition) is 6. The molecule has 1 N–H and O–H groups in total. The first-order chi connectivity index (χ1) is 18.4. The summed E-state index contributed by atoms with van der Waals surface area (Å²) in [6.45, 7) is 0. The van der Waals surface area contributed by atoms with E-state index in [0.29, 0.717) is 38.3 Å². The minimum absolute atomic E-state index is 0.131. The van der Waals surface area contributed by atoms with Gasteiger partial charge in [-0.1, -0.05) is 53.5 Å². The summed E-state index contributed by atoms with van der Waals surface area (Å²) in [6, 6.07) is 20.0. The van der Waals surface area contributed by atoms with E-state index in [0.717, 1.165) is 11.1 Å². The minimum atomic E-state index is -1.35. The average molecular weight is 550 g/mol. The highest BCUT2D eigenvalue weighted by Crippen LogP contribution is 2.49. The Labute approximate surface area is 230 Å². The van der Waals surface area contributed by atoms with Crippen molar-refractivity contribution in [3.05, 3.63) is 112 Å². The number of carbonyl (C=O) groups is 1. The smallest absolute Gasteiger partial charge is 0.278 e. The summed E-state index contributed by atoms with van der Waals surface area (Å²) in [5.74, 6) is 0.0373. The number of benzene rings is 2. The molecule has 5 rings (SSSR count).